The van der Waals surface area contributed by atoms with Crippen LogP contribution >= 0.6 is 0 Å². The van der Waals surface area contributed by atoms with E-state index < -0.39 is 196 Å². The van der Waals surface area contributed by atoms with Crippen molar-refractivity contribution in [2.24, 2.45) is 0 Å². The van der Waals surface area contributed by atoms with Crippen molar-refractivity contribution < 1.29 is 114 Å². The SMILES string of the molecule is N#C/C(=C1\C(c2cc(C(F)(F)F)cc(C(F)(F)F)c2)=CC2=C1C=C(c1cc(C(F)(F)F)cc(C(F)(F)F)c1)/C2=C(\C#N)c1c(F)c(F)c(C(F)(F)F)c(F)c1F)c1c(F)c(F)c(C(F)(F)F)c(F)c1F. The molecule has 0 saturated carbocycles. The zero-order valence-corrected chi connectivity index (χ0v) is 32.3. The highest BCUT2D eigenvalue weighted by atomic mass is 19.4. The number of hydrogen-bond acceptors (Lipinski definition) is 2. The Bertz CT molecular complexity index is 2860. The lowest BCUT2D eigenvalue weighted by Gasteiger charge is -2.20. The predicted molar refractivity (Wildman–Crippen MR) is 183 cm³/mol. The fourth-order valence-corrected chi connectivity index (χ4v) is 7.18. The summed E-state index contributed by atoms with van der Waals surface area (Å²) in [5, 5.41) is 20.6. The number of alkyl halides is 18. The van der Waals surface area contributed by atoms with Gasteiger partial charge in [-0.2, -0.15) is 89.6 Å². The minimum absolute atomic E-state index is 0.0503. The number of hydrogen-bond donors (Lipinski definition) is 0. The zero-order chi connectivity index (χ0) is 53.1. The molecule has 0 heterocycles. The first-order chi connectivity index (χ1) is 31.8. The molecule has 2 aliphatic carbocycles. The van der Waals surface area contributed by atoms with Gasteiger partial charge in [-0.3, -0.25) is 0 Å². The Morgan fingerprint density at radius 3 is 0.743 bits per heavy atom. The average molecular weight is 1030 g/mol. The van der Waals surface area contributed by atoms with Gasteiger partial charge in [0.15, 0.2) is 46.5 Å². The van der Waals surface area contributed by atoms with Gasteiger partial charge < -0.3 is 0 Å². The second kappa shape index (κ2) is 16.7. The second-order valence-electron chi connectivity index (χ2n) is 14.3. The molecule has 28 heteroatoms. The molecule has 0 spiro atoms. The molecule has 2 aliphatic rings. The van der Waals surface area contributed by atoms with Crippen LogP contribution < -0.4 is 0 Å². The Kier molecular flexibility index (Phi) is 12.4. The van der Waals surface area contributed by atoms with Crippen LogP contribution in [0.3, 0.4) is 0 Å². The molecule has 0 radical (unpaired) electrons. The van der Waals surface area contributed by atoms with Crippen molar-refractivity contribution in [1.82, 2.24) is 0 Å². The van der Waals surface area contributed by atoms with Gasteiger partial charge >= 0.3 is 37.1 Å². The second-order valence-corrected chi connectivity index (χ2v) is 14.3. The van der Waals surface area contributed by atoms with Gasteiger partial charge in [0.2, 0.25) is 0 Å². The van der Waals surface area contributed by atoms with Crippen LogP contribution in [-0.2, 0) is 37.1 Å². The molecule has 2 nitrogen and oxygen atoms in total. The van der Waals surface area contributed by atoms with E-state index >= 15 is 35.1 Å². The third-order valence-corrected chi connectivity index (χ3v) is 10.1. The molecule has 0 unspecified atom stereocenters. The summed E-state index contributed by atoms with van der Waals surface area (Å²) in [5.74, 6) is -26.6. The molecular formula is C42H8F26N2. The molecule has 0 atom stereocenters. The first-order valence-corrected chi connectivity index (χ1v) is 17.7. The number of nitriles is 2. The maximum Gasteiger partial charge on any atom is 0.422 e. The summed E-state index contributed by atoms with van der Waals surface area (Å²) < 4.78 is 374. The van der Waals surface area contributed by atoms with E-state index in [1.807, 2.05) is 0 Å². The van der Waals surface area contributed by atoms with Gasteiger partial charge in [0.25, 0.3) is 0 Å². The van der Waals surface area contributed by atoms with Crippen molar-refractivity contribution in [3.05, 3.63) is 173 Å². The minimum atomic E-state index is -6.35. The quantitative estimate of drug-likeness (QED) is 0.116. The summed E-state index contributed by atoms with van der Waals surface area (Å²) in [4.78, 5) is 0. The van der Waals surface area contributed by atoms with E-state index in [2.05, 4.69) is 0 Å². The fraction of sp³-hybridized carbons (Fsp3) is 0.143. The van der Waals surface area contributed by atoms with Crippen LogP contribution in [0.25, 0.3) is 22.3 Å². The molecule has 6 rings (SSSR count). The molecule has 4 aromatic carbocycles. The lowest BCUT2D eigenvalue weighted by Crippen LogP contribution is -2.17. The maximum absolute atomic E-state index is 15.7. The van der Waals surface area contributed by atoms with Crippen molar-refractivity contribution in [3.8, 4) is 12.1 Å². The lowest BCUT2D eigenvalue weighted by atomic mass is 9.85. The normalized spacial score (nSPS) is 16.3. The highest BCUT2D eigenvalue weighted by Crippen LogP contribution is 2.56. The van der Waals surface area contributed by atoms with Gasteiger partial charge in [-0.05, 0) is 82.0 Å². The Balaban J connectivity index is 1.94. The van der Waals surface area contributed by atoms with E-state index in [-0.39, 0.29) is 36.4 Å². The molecule has 368 valence electrons. The number of halogens is 26. The molecule has 0 N–H and O–H groups in total. The van der Waals surface area contributed by atoms with Crippen LogP contribution in [0.1, 0.15) is 55.6 Å². The van der Waals surface area contributed by atoms with Gasteiger partial charge in [-0.15, -0.1) is 0 Å². The monoisotopic (exact) mass is 1030 g/mol. The third kappa shape index (κ3) is 8.82. The van der Waals surface area contributed by atoms with Gasteiger partial charge in [0.05, 0.1) is 44.5 Å². The minimum Gasteiger partial charge on any atom is -0.203 e. The predicted octanol–water partition coefficient (Wildman–Crippen LogP) is 15.7. The van der Waals surface area contributed by atoms with E-state index in [0.29, 0.717) is 0 Å². The van der Waals surface area contributed by atoms with Gasteiger partial charge in [-0.25, -0.2) is 35.1 Å². The van der Waals surface area contributed by atoms with Crippen molar-refractivity contribution in [2.45, 2.75) is 37.1 Å². The van der Waals surface area contributed by atoms with E-state index in [1.165, 1.54) is 0 Å². The van der Waals surface area contributed by atoms with Gasteiger partial charge in [0.1, 0.15) is 23.3 Å². The highest BCUT2D eigenvalue weighted by molar-refractivity contribution is 6.12. The third-order valence-electron chi connectivity index (χ3n) is 10.1. The van der Waals surface area contributed by atoms with Crippen molar-refractivity contribution in [2.75, 3.05) is 0 Å². The average Bonchev–Trinajstić information content (AvgIpc) is 3.77. The van der Waals surface area contributed by atoms with E-state index in [1.54, 1.807) is 0 Å². The number of rotatable bonds is 4. The summed E-state index contributed by atoms with van der Waals surface area (Å²) in [5.41, 5.74) is -39.1. The van der Waals surface area contributed by atoms with E-state index in [0.717, 1.165) is 12.1 Å². The summed E-state index contributed by atoms with van der Waals surface area (Å²) in [7, 11) is 0. The first-order valence-electron chi connectivity index (χ1n) is 17.7. The Hall–Kier alpha value is -7.26. The largest absolute Gasteiger partial charge is 0.422 e. The zero-order valence-electron chi connectivity index (χ0n) is 32.3. The Morgan fingerprint density at radius 2 is 0.557 bits per heavy atom. The highest BCUT2D eigenvalue weighted by Gasteiger charge is 2.48. The molecular weight excluding hydrogens is 1030 g/mol. The Labute approximate surface area is 369 Å². The van der Waals surface area contributed by atoms with Crippen LogP contribution in [-0.4, -0.2) is 0 Å². The fourth-order valence-electron chi connectivity index (χ4n) is 7.18. The Morgan fingerprint density at radius 1 is 0.329 bits per heavy atom. The molecule has 0 aliphatic heterocycles. The summed E-state index contributed by atoms with van der Waals surface area (Å²) in [6.45, 7) is 0. The molecule has 70 heavy (non-hydrogen) atoms. The molecule has 0 amide bonds. The topological polar surface area (TPSA) is 47.6 Å². The summed E-state index contributed by atoms with van der Waals surface area (Å²) in [6, 6.07) is -1.02. The van der Waals surface area contributed by atoms with Crippen LogP contribution in [0, 0.1) is 69.2 Å². The van der Waals surface area contributed by atoms with Crippen LogP contribution in [0.2, 0.25) is 0 Å². The smallest absolute Gasteiger partial charge is 0.203 e. The summed E-state index contributed by atoms with van der Waals surface area (Å²) >= 11 is 0. The van der Waals surface area contributed by atoms with Crippen molar-refractivity contribution in [3.63, 3.8) is 0 Å². The molecule has 0 bridgehead atoms. The lowest BCUT2D eigenvalue weighted by molar-refractivity contribution is -0.144. The van der Waals surface area contributed by atoms with Crippen molar-refractivity contribution >= 4 is 22.3 Å². The molecule has 0 saturated heterocycles. The van der Waals surface area contributed by atoms with E-state index in [9.17, 15) is 89.6 Å². The maximum atomic E-state index is 15.7. The number of nitrogens with zero attached hydrogens (tertiary/aromatic N) is 2. The number of allylic oxidation sites excluding steroid dienone is 10. The molecule has 0 aromatic heterocycles. The van der Waals surface area contributed by atoms with Crippen LogP contribution in [0.4, 0.5) is 114 Å². The molecule has 0 fully saturated rings. The standard InChI is InChI=1S/C42H8F26N2/c43-29-25(30(44)34(48)27(33(29)47)41(63,64)65)21(9-69)23-17(11-1-13(37(51,52)53)5-14(2-11)38(54,55)56)7-19-20(23)8-18(12-3-15(39(57,58)59)6-16(4-12)40(60,61)62)24(19)22(10-70)26-31(45)35(49)28(42(66,67)68)36(50)32(26)46/h1-8H/b23-21-,24-22-. The van der Waals surface area contributed by atoms with Gasteiger partial charge in [-0.1, -0.05) is 0 Å². The molecule has 4 aromatic rings. The van der Waals surface area contributed by atoms with Crippen molar-refractivity contribution in [1.29, 1.82) is 10.5 Å². The van der Waals surface area contributed by atoms with E-state index in [4.69, 9.17) is 0 Å². The summed E-state index contributed by atoms with van der Waals surface area (Å²) in [6.07, 6.45) is -36.3. The van der Waals surface area contributed by atoms with Crippen LogP contribution in [0.15, 0.2) is 70.8 Å². The first kappa shape index (κ1) is 52.1. The van der Waals surface area contributed by atoms with Crippen LogP contribution in [0.5, 0.6) is 0 Å². The number of benzene rings is 4. The van der Waals surface area contributed by atoms with Gasteiger partial charge in [0, 0.05) is 11.1 Å².